The highest BCUT2D eigenvalue weighted by molar-refractivity contribution is 8.13. The molecule has 0 rings (SSSR count). The van der Waals surface area contributed by atoms with E-state index in [9.17, 15) is 29.2 Å². The van der Waals surface area contributed by atoms with Crippen LogP contribution >= 0.6 is 11.8 Å². The Morgan fingerprint density at radius 2 is 1.77 bits per heavy atom. The Hall–Kier alpha value is -2.38. The number of nitrogens with zero attached hydrogens (tertiary/aromatic N) is 1. The predicted octanol–water partition coefficient (Wildman–Crippen LogP) is -0.0112. The van der Waals surface area contributed by atoms with Crippen LogP contribution in [0.15, 0.2) is 0 Å². The maximum atomic E-state index is 12.1. The summed E-state index contributed by atoms with van der Waals surface area (Å²) in [5, 5.41) is 31.4. The van der Waals surface area contributed by atoms with Crippen LogP contribution in [0.2, 0.25) is 0 Å². The second-order valence-corrected chi connectivity index (χ2v) is 7.45. The van der Waals surface area contributed by atoms with Crippen molar-refractivity contribution >= 4 is 40.8 Å². The molecule has 0 saturated heterocycles. The molecule has 0 saturated carbocycles. The van der Waals surface area contributed by atoms with E-state index < -0.39 is 47.6 Å². The number of carboxylic acids is 2. The first kappa shape index (κ1) is 27.6. The molecule has 0 aromatic heterocycles. The molecule has 0 aliphatic rings. The topological polar surface area (TPSA) is 199 Å². The van der Waals surface area contributed by atoms with Gasteiger partial charge in [0.15, 0.2) is 0 Å². The highest BCUT2D eigenvalue weighted by Crippen LogP contribution is 2.11. The number of thioether (sulfide) groups is 1. The van der Waals surface area contributed by atoms with Crippen molar-refractivity contribution in [3.8, 4) is 0 Å². The normalized spacial score (nSPS) is 12.5. The summed E-state index contributed by atoms with van der Waals surface area (Å²) in [5.41, 5.74) is 5.32. The Morgan fingerprint density at radius 1 is 1.10 bits per heavy atom. The lowest BCUT2D eigenvalue weighted by atomic mass is 10.1. The molecule has 0 unspecified atom stereocenters. The van der Waals surface area contributed by atoms with Crippen LogP contribution < -0.4 is 16.4 Å². The zero-order chi connectivity index (χ0) is 23.1. The number of carboxylic acid groups (broad SMARTS) is 2. The highest BCUT2D eigenvalue weighted by Gasteiger charge is 2.24. The van der Waals surface area contributed by atoms with Gasteiger partial charge in [0.05, 0.1) is 0 Å². The van der Waals surface area contributed by atoms with Crippen molar-refractivity contribution in [2.24, 2.45) is 5.73 Å². The Labute approximate surface area is 178 Å². The Morgan fingerprint density at radius 3 is 2.33 bits per heavy atom. The monoisotopic (exact) mass is 450 g/mol. The van der Waals surface area contributed by atoms with Crippen molar-refractivity contribution in [2.45, 2.75) is 57.5 Å². The number of aliphatic carboxylic acids is 2. The van der Waals surface area contributed by atoms with Crippen LogP contribution in [0.5, 0.6) is 0 Å². The van der Waals surface area contributed by atoms with Crippen LogP contribution in [-0.2, 0) is 19.2 Å². The number of hydrogen-bond donors (Lipinski definition) is 6. The molecular weight excluding hydrogens is 420 g/mol. The molecule has 0 spiro atoms. The molecular formula is C17H30N4O8S. The van der Waals surface area contributed by atoms with Crippen molar-refractivity contribution < 1.29 is 39.4 Å². The number of rotatable bonds is 15. The zero-order valence-corrected chi connectivity index (χ0v) is 17.7. The summed E-state index contributed by atoms with van der Waals surface area (Å²) in [6, 6.07) is -2.51. The molecule has 12 nitrogen and oxygen atoms in total. The molecule has 3 amide bonds. The lowest BCUT2D eigenvalue weighted by Gasteiger charge is -2.19. The van der Waals surface area contributed by atoms with E-state index in [1.165, 1.54) is 0 Å². The van der Waals surface area contributed by atoms with Crippen LogP contribution in [0.1, 0.15) is 45.4 Å². The fourth-order valence-corrected chi connectivity index (χ4v) is 2.94. The molecule has 0 bridgehead atoms. The first-order valence-corrected chi connectivity index (χ1v) is 10.5. The molecule has 7 N–H and O–H groups in total. The number of unbranched alkanes of at least 4 members (excludes halogenated alkanes) is 3. The van der Waals surface area contributed by atoms with Crippen molar-refractivity contribution in [3.63, 3.8) is 0 Å². The quantitative estimate of drug-likeness (QED) is 0.112. The van der Waals surface area contributed by atoms with E-state index in [0.717, 1.165) is 19.3 Å². The fourth-order valence-electron chi connectivity index (χ4n) is 2.15. The molecule has 0 fully saturated rings. The van der Waals surface area contributed by atoms with E-state index in [0.29, 0.717) is 23.2 Å². The molecule has 2 atom stereocenters. The van der Waals surface area contributed by atoms with Gasteiger partial charge in [-0.3, -0.25) is 29.2 Å². The molecule has 0 aromatic carbocycles. The minimum atomic E-state index is -1.29. The number of nitrogens with one attached hydrogen (secondary N) is 2. The third kappa shape index (κ3) is 13.0. The minimum absolute atomic E-state index is 0.126. The number of amides is 3. The van der Waals surface area contributed by atoms with Crippen LogP contribution in [0, 0.1) is 0 Å². The maximum absolute atomic E-state index is 12.1. The van der Waals surface area contributed by atoms with Crippen LogP contribution in [0.25, 0.3) is 0 Å². The maximum Gasteiger partial charge on any atom is 0.322 e. The van der Waals surface area contributed by atoms with Gasteiger partial charge in [0, 0.05) is 18.7 Å². The number of nitrogens with two attached hydrogens (primary N) is 1. The lowest BCUT2D eigenvalue weighted by molar-refractivity contribution is -0.139. The first-order valence-electron chi connectivity index (χ1n) is 9.48. The van der Waals surface area contributed by atoms with E-state index in [-0.39, 0.29) is 25.1 Å². The van der Waals surface area contributed by atoms with E-state index in [1.54, 1.807) is 0 Å². The van der Waals surface area contributed by atoms with Crippen molar-refractivity contribution in [1.29, 1.82) is 0 Å². The predicted molar refractivity (Wildman–Crippen MR) is 108 cm³/mol. The first-order chi connectivity index (χ1) is 14.1. The number of carbonyl (C=O) groups excluding carboxylic acids is 3. The van der Waals surface area contributed by atoms with Gasteiger partial charge in [0.1, 0.15) is 18.6 Å². The van der Waals surface area contributed by atoms with E-state index in [4.69, 9.17) is 15.9 Å². The fraction of sp³-hybridized carbons (Fsp3) is 0.706. The van der Waals surface area contributed by atoms with Gasteiger partial charge in [-0.25, -0.2) is 5.06 Å². The van der Waals surface area contributed by atoms with Gasteiger partial charge in [0.2, 0.25) is 11.8 Å². The standard InChI is InChI=1S/C17H30N4O8S/c1-2-3-4-5-8-21(29)17(28)30-10-12(15(25)19-9-14(23)24)20-13(22)7-6-11(18)16(26)27/h11-12,29H,2-10,18H2,1H3,(H,19,25)(H,20,22)(H,23,24)(H,26,27)/t11-,12-/m0/s1. The van der Waals surface area contributed by atoms with Gasteiger partial charge in [-0.2, -0.15) is 0 Å². The van der Waals surface area contributed by atoms with Gasteiger partial charge < -0.3 is 26.6 Å². The molecule has 0 aromatic rings. The zero-order valence-electron chi connectivity index (χ0n) is 16.8. The average molecular weight is 451 g/mol. The molecule has 13 heteroatoms. The Bertz CT molecular complexity index is 604. The summed E-state index contributed by atoms with van der Waals surface area (Å²) in [7, 11) is 0. The van der Waals surface area contributed by atoms with Gasteiger partial charge in [-0.1, -0.05) is 37.9 Å². The second-order valence-electron chi connectivity index (χ2n) is 6.48. The van der Waals surface area contributed by atoms with Crippen LogP contribution in [-0.4, -0.2) is 80.4 Å². The van der Waals surface area contributed by atoms with E-state index in [2.05, 4.69) is 10.6 Å². The molecule has 30 heavy (non-hydrogen) atoms. The van der Waals surface area contributed by atoms with Gasteiger partial charge in [-0.15, -0.1) is 0 Å². The van der Waals surface area contributed by atoms with Crippen molar-refractivity contribution in [2.75, 3.05) is 18.8 Å². The minimum Gasteiger partial charge on any atom is -0.480 e. The molecule has 0 aliphatic heterocycles. The second kappa shape index (κ2) is 15.5. The van der Waals surface area contributed by atoms with E-state index >= 15 is 0 Å². The lowest BCUT2D eigenvalue weighted by Crippen LogP contribution is -2.50. The Kier molecular flexibility index (Phi) is 14.2. The van der Waals surface area contributed by atoms with Crippen LogP contribution in [0.4, 0.5) is 4.79 Å². The number of hydroxylamine groups is 2. The summed E-state index contributed by atoms with van der Waals surface area (Å²) in [6.07, 6.45) is 2.98. The van der Waals surface area contributed by atoms with Gasteiger partial charge in [0.25, 0.3) is 0 Å². The van der Waals surface area contributed by atoms with Crippen molar-refractivity contribution in [3.05, 3.63) is 0 Å². The summed E-state index contributed by atoms with van der Waals surface area (Å²) in [6.45, 7) is 1.47. The van der Waals surface area contributed by atoms with Crippen molar-refractivity contribution in [1.82, 2.24) is 15.7 Å². The highest BCUT2D eigenvalue weighted by atomic mass is 32.2. The van der Waals surface area contributed by atoms with Crippen LogP contribution in [0.3, 0.4) is 0 Å². The number of carbonyl (C=O) groups is 5. The smallest absolute Gasteiger partial charge is 0.322 e. The van der Waals surface area contributed by atoms with E-state index in [1.807, 2.05) is 6.92 Å². The molecule has 0 heterocycles. The molecule has 0 radical (unpaired) electrons. The largest absolute Gasteiger partial charge is 0.480 e. The van der Waals surface area contributed by atoms with Gasteiger partial charge in [-0.05, 0) is 12.8 Å². The summed E-state index contributed by atoms with van der Waals surface area (Å²) < 4.78 is 0. The molecule has 172 valence electrons. The van der Waals surface area contributed by atoms with Gasteiger partial charge >= 0.3 is 17.2 Å². The number of hydrogen-bond acceptors (Lipinski definition) is 8. The summed E-state index contributed by atoms with van der Waals surface area (Å²) in [5.74, 6) is -4.34. The molecule has 0 aliphatic carbocycles. The SMILES string of the molecule is CCCCCCN(O)C(=O)SC[C@H](NC(=O)CC[C@H](N)C(=O)O)C(=O)NCC(=O)O. The third-order valence-corrected chi connectivity index (χ3v) is 4.83. The Balaban J connectivity index is 4.74. The average Bonchev–Trinajstić information content (AvgIpc) is 2.69. The summed E-state index contributed by atoms with van der Waals surface area (Å²) in [4.78, 5) is 57.5. The third-order valence-electron chi connectivity index (χ3n) is 3.87. The summed E-state index contributed by atoms with van der Waals surface area (Å²) >= 11 is 0.586.